The van der Waals surface area contributed by atoms with Crippen LogP contribution in [0.4, 0.5) is 0 Å². The Morgan fingerprint density at radius 1 is 1.48 bits per heavy atom. The molecule has 112 valence electrons. The van der Waals surface area contributed by atoms with Crippen LogP contribution in [0.2, 0.25) is 5.15 Å². The number of halogens is 1. The Balaban J connectivity index is 2.16. The summed E-state index contributed by atoms with van der Waals surface area (Å²) < 4.78 is 0. The second-order valence-corrected chi connectivity index (χ2v) is 5.06. The summed E-state index contributed by atoms with van der Waals surface area (Å²) in [6.45, 7) is 3.05. The third kappa shape index (κ3) is 4.12. The molecule has 0 saturated carbocycles. The molecule has 9 heteroatoms. The molecule has 8 nitrogen and oxygen atoms in total. The molecule has 2 heterocycles. The van der Waals surface area contributed by atoms with E-state index in [4.69, 9.17) is 11.6 Å². The van der Waals surface area contributed by atoms with Crippen molar-refractivity contribution in [2.24, 2.45) is 5.10 Å². The number of carbonyl (C=O) groups excluding carboxylic acids is 1. The first-order valence-corrected chi connectivity index (χ1v) is 6.66. The van der Waals surface area contributed by atoms with E-state index in [-0.39, 0.29) is 18.3 Å². The lowest BCUT2D eigenvalue weighted by Gasteiger charge is -2.19. The van der Waals surface area contributed by atoms with Crippen LogP contribution >= 0.6 is 11.6 Å². The molecule has 1 aliphatic heterocycles. The number of hydrazone groups is 1. The van der Waals surface area contributed by atoms with Crippen LogP contribution in [0.15, 0.2) is 23.4 Å². The summed E-state index contributed by atoms with van der Waals surface area (Å²) in [4.78, 5) is 29.2. The van der Waals surface area contributed by atoms with Gasteiger partial charge in [-0.1, -0.05) is 17.7 Å². The largest absolute Gasteiger partial charge is 0.331 e. The van der Waals surface area contributed by atoms with Gasteiger partial charge in [-0.05, 0) is 18.6 Å². The molecule has 0 amide bonds. The van der Waals surface area contributed by atoms with Gasteiger partial charge < -0.3 is 9.80 Å². The summed E-state index contributed by atoms with van der Waals surface area (Å²) in [7, 11) is 0. The summed E-state index contributed by atoms with van der Waals surface area (Å²) in [6.07, 6.45) is 1.61. The molecule has 0 N–H and O–H groups in total. The summed E-state index contributed by atoms with van der Waals surface area (Å²) in [5.74, 6) is 0.131. The molecule has 1 saturated heterocycles. The van der Waals surface area contributed by atoms with Gasteiger partial charge in [-0.3, -0.25) is 4.79 Å². The third-order valence-electron chi connectivity index (χ3n) is 2.95. The SMILES string of the molecule is CC(=O)CN1CCN(Cc2ccc(Cl)nc2)/C1=N\[N+](=O)[O-]. The molecule has 1 aromatic rings. The van der Waals surface area contributed by atoms with Gasteiger partial charge in [-0.15, -0.1) is 0 Å². The quantitative estimate of drug-likeness (QED) is 0.457. The van der Waals surface area contributed by atoms with Crippen molar-refractivity contribution in [1.82, 2.24) is 14.8 Å². The second kappa shape index (κ2) is 6.49. The number of pyridine rings is 1. The van der Waals surface area contributed by atoms with Crippen LogP contribution in [0, 0.1) is 10.1 Å². The van der Waals surface area contributed by atoms with E-state index in [0.717, 1.165) is 5.56 Å². The van der Waals surface area contributed by atoms with Crippen LogP contribution in [-0.4, -0.2) is 51.2 Å². The maximum absolute atomic E-state index is 11.2. The first kappa shape index (κ1) is 15.2. The molecule has 1 aliphatic rings. The number of hydrogen-bond donors (Lipinski definition) is 0. The lowest BCUT2D eigenvalue weighted by Crippen LogP contribution is -2.36. The smallest absolute Gasteiger partial charge is 0.274 e. The number of nitrogens with zero attached hydrogens (tertiary/aromatic N) is 5. The second-order valence-electron chi connectivity index (χ2n) is 4.67. The molecule has 21 heavy (non-hydrogen) atoms. The zero-order valence-electron chi connectivity index (χ0n) is 11.4. The Morgan fingerprint density at radius 3 is 2.76 bits per heavy atom. The fourth-order valence-electron chi connectivity index (χ4n) is 2.13. The third-order valence-corrected chi connectivity index (χ3v) is 3.18. The Kier molecular flexibility index (Phi) is 4.69. The first-order valence-electron chi connectivity index (χ1n) is 6.28. The monoisotopic (exact) mass is 311 g/mol. The van der Waals surface area contributed by atoms with E-state index in [2.05, 4.69) is 10.1 Å². The number of hydrogen-bond acceptors (Lipinski definition) is 4. The fourth-order valence-corrected chi connectivity index (χ4v) is 2.24. The Morgan fingerprint density at radius 2 is 2.19 bits per heavy atom. The Bertz CT molecular complexity index is 575. The number of nitro groups is 1. The molecular formula is C12H14ClN5O3. The number of Topliss-reactive ketones (excluding diaryl/α,β-unsaturated/α-hetero) is 1. The molecule has 0 radical (unpaired) electrons. The van der Waals surface area contributed by atoms with Crippen LogP contribution < -0.4 is 0 Å². The van der Waals surface area contributed by atoms with Gasteiger partial charge in [0.2, 0.25) is 0 Å². The maximum atomic E-state index is 11.2. The molecule has 0 unspecified atom stereocenters. The highest BCUT2D eigenvalue weighted by Gasteiger charge is 2.30. The maximum Gasteiger partial charge on any atom is 0.274 e. The van der Waals surface area contributed by atoms with Crippen molar-refractivity contribution in [3.8, 4) is 0 Å². The van der Waals surface area contributed by atoms with E-state index in [1.54, 1.807) is 28.1 Å². The molecule has 1 fully saturated rings. The zero-order valence-corrected chi connectivity index (χ0v) is 12.2. The van der Waals surface area contributed by atoms with Gasteiger partial charge in [-0.25, -0.2) is 15.1 Å². The minimum atomic E-state index is -0.749. The van der Waals surface area contributed by atoms with Gasteiger partial charge in [0.25, 0.3) is 5.96 Å². The molecule has 0 atom stereocenters. The predicted molar refractivity (Wildman–Crippen MR) is 76.3 cm³/mol. The van der Waals surface area contributed by atoms with Crippen LogP contribution in [0.1, 0.15) is 12.5 Å². The highest BCUT2D eigenvalue weighted by molar-refractivity contribution is 6.29. The molecule has 0 spiro atoms. The van der Waals surface area contributed by atoms with E-state index in [0.29, 0.717) is 24.8 Å². The van der Waals surface area contributed by atoms with Gasteiger partial charge in [-0.2, -0.15) is 0 Å². The predicted octanol–water partition coefficient (Wildman–Crippen LogP) is 0.989. The molecule has 1 aromatic heterocycles. The number of carbonyl (C=O) groups is 1. The van der Waals surface area contributed by atoms with Crippen molar-refractivity contribution in [2.75, 3.05) is 19.6 Å². The van der Waals surface area contributed by atoms with Gasteiger partial charge in [0, 0.05) is 25.8 Å². The summed E-state index contributed by atoms with van der Waals surface area (Å²) in [6, 6.07) is 3.46. The minimum absolute atomic E-state index is 0.0685. The van der Waals surface area contributed by atoms with Crippen molar-refractivity contribution in [2.45, 2.75) is 13.5 Å². The highest BCUT2D eigenvalue weighted by atomic mass is 35.5. The Labute approximate surface area is 126 Å². The average Bonchev–Trinajstić information content (AvgIpc) is 2.74. The lowest BCUT2D eigenvalue weighted by molar-refractivity contribution is -0.486. The fraction of sp³-hybridized carbons (Fsp3) is 0.417. The van der Waals surface area contributed by atoms with Crippen LogP contribution in [0.25, 0.3) is 0 Å². The minimum Gasteiger partial charge on any atom is -0.331 e. The Hall–Kier alpha value is -2.22. The van der Waals surface area contributed by atoms with Gasteiger partial charge in [0.15, 0.2) is 5.03 Å². The topological polar surface area (TPSA) is 91.9 Å². The zero-order chi connectivity index (χ0) is 15.4. The van der Waals surface area contributed by atoms with Crippen molar-refractivity contribution < 1.29 is 9.83 Å². The number of rotatable bonds is 5. The highest BCUT2D eigenvalue weighted by Crippen LogP contribution is 2.14. The normalized spacial score (nSPS) is 16.6. The van der Waals surface area contributed by atoms with Crippen LogP contribution in [0.3, 0.4) is 0 Å². The molecule has 2 rings (SSSR count). The van der Waals surface area contributed by atoms with Crippen molar-refractivity contribution in [3.05, 3.63) is 39.2 Å². The molecule has 0 aromatic carbocycles. The van der Waals surface area contributed by atoms with Gasteiger partial charge >= 0.3 is 0 Å². The van der Waals surface area contributed by atoms with E-state index < -0.39 is 5.03 Å². The number of guanidine groups is 1. The summed E-state index contributed by atoms with van der Waals surface area (Å²) in [5.41, 5.74) is 0.861. The standard InChI is InChI=1S/C12H14ClN5O3/c1-9(19)7-16-4-5-17(12(16)15-18(20)21)8-10-2-3-11(13)14-6-10/h2-3,6H,4-5,7-8H2,1H3/b15-12-. The summed E-state index contributed by atoms with van der Waals surface area (Å²) >= 11 is 5.72. The molecule has 0 aliphatic carbocycles. The van der Waals surface area contributed by atoms with Crippen molar-refractivity contribution in [3.63, 3.8) is 0 Å². The van der Waals surface area contributed by atoms with Gasteiger partial charge in [0.1, 0.15) is 16.0 Å². The van der Waals surface area contributed by atoms with Crippen LogP contribution in [0.5, 0.6) is 0 Å². The van der Waals surface area contributed by atoms with Gasteiger partial charge in [0.05, 0.1) is 6.54 Å². The number of aromatic nitrogens is 1. The van der Waals surface area contributed by atoms with E-state index in [1.165, 1.54) is 6.92 Å². The van der Waals surface area contributed by atoms with E-state index in [9.17, 15) is 14.9 Å². The first-order chi connectivity index (χ1) is 9.95. The summed E-state index contributed by atoms with van der Waals surface area (Å²) in [5, 5.41) is 13.7. The van der Waals surface area contributed by atoms with E-state index >= 15 is 0 Å². The van der Waals surface area contributed by atoms with Crippen LogP contribution in [-0.2, 0) is 11.3 Å². The molecular weight excluding hydrogens is 298 g/mol. The van der Waals surface area contributed by atoms with E-state index in [1.807, 2.05) is 0 Å². The molecule has 0 bridgehead atoms. The van der Waals surface area contributed by atoms with Crippen molar-refractivity contribution in [1.29, 1.82) is 0 Å². The average molecular weight is 312 g/mol. The lowest BCUT2D eigenvalue weighted by atomic mass is 10.3. The number of ketones is 1. The van der Waals surface area contributed by atoms with Crippen molar-refractivity contribution >= 4 is 23.3 Å².